The van der Waals surface area contributed by atoms with Crippen molar-refractivity contribution in [2.45, 2.75) is 6.18 Å². The van der Waals surface area contributed by atoms with E-state index in [1.807, 2.05) is 0 Å². The molecule has 0 aliphatic carbocycles. The van der Waals surface area contributed by atoms with E-state index in [0.29, 0.717) is 0 Å². The molecular formula is C11H12F3NO2. The number of ketones is 1. The van der Waals surface area contributed by atoms with Crippen LogP contribution in [-0.4, -0.2) is 26.5 Å². The molecule has 0 unspecified atom stereocenters. The van der Waals surface area contributed by atoms with Crippen molar-refractivity contribution in [3.8, 4) is 5.75 Å². The highest BCUT2D eigenvalue weighted by molar-refractivity contribution is 6.00. The van der Waals surface area contributed by atoms with Crippen LogP contribution < -0.4 is 10.1 Å². The summed E-state index contributed by atoms with van der Waals surface area (Å²) in [6.07, 6.45) is -4.47. The molecule has 17 heavy (non-hydrogen) atoms. The number of likely N-dealkylation sites (N-methyl/N-ethyl adjacent to an activating group) is 1. The first kappa shape index (κ1) is 13.5. The summed E-state index contributed by atoms with van der Waals surface area (Å²) >= 11 is 0. The van der Waals surface area contributed by atoms with Gasteiger partial charge in [0.1, 0.15) is 5.75 Å². The fourth-order valence-corrected chi connectivity index (χ4v) is 1.36. The number of carbonyl (C=O) groups excluding carboxylic acids is 1. The second-order valence-corrected chi connectivity index (χ2v) is 3.37. The van der Waals surface area contributed by atoms with E-state index >= 15 is 0 Å². The zero-order chi connectivity index (χ0) is 13.1. The lowest BCUT2D eigenvalue weighted by Crippen LogP contribution is -2.20. The van der Waals surface area contributed by atoms with Crippen molar-refractivity contribution >= 4 is 5.78 Å². The van der Waals surface area contributed by atoms with Crippen molar-refractivity contribution in [2.24, 2.45) is 0 Å². The minimum atomic E-state index is -4.47. The molecule has 1 N–H and O–H groups in total. The molecule has 0 aliphatic rings. The summed E-state index contributed by atoms with van der Waals surface area (Å²) in [5.74, 6) is -0.311. The van der Waals surface area contributed by atoms with Crippen LogP contribution in [-0.2, 0) is 6.18 Å². The molecule has 0 aromatic heterocycles. The van der Waals surface area contributed by atoms with Gasteiger partial charge in [0.25, 0.3) is 0 Å². The third-order valence-corrected chi connectivity index (χ3v) is 2.16. The standard InChI is InChI=1S/C11H12F3NO2/c1-15-6-9(16)8-5-7(11(12,13)14)3-4-10(8)17-2/h3-5,15H,6H2,1-2H3. The highest BCUT2D eigenvalue weighted by atomic mass is 19.4. The van der Waals surface area contributed by atoms with E-state index in [1.54, 1.807) is 0 Å². The third-order valence-electron chi connectivity index (χ3n) is 2.16. The van der Waals surface area contributed by atoms with Crippen molar-refractivity contribution in [2.75, 3.05) is 20.7 Å². The summed E-state index contributed by atoms with van der Waals surface area (Å²) in [6, 6.07) is 2.83. The van der Waals surface area contributed by atoms with E-state index in [4.69, 9.17) is 4.74 Å². The molecule has 1 aromatic rings. The number of benzene rings is 1. The molecule has 0 heterocycles. The van der Waals surface area contributed by atoms with Crippen molar-refractivity contribution in [3.63, 3.8) is 0 Å². The Balaban J connectivity index is 3.20. The lowest BCUT2D eigenvalue weighted by molar-refractivity contribution is -0.137. The van der Waals surface area contributed by atoms with Gasteiger partial charge in [0.15, 0.2) is 5.78 Å². The molecule has 0 amide bonds. The maximum atomic E-state index is 12.5. The van der Waals surface area contributed by atoms with Gasteiger partial charge in [0.2, 0.25) is 0 Å². The quantitative estimate of drug-likeness (QED) is 0.828. The first-order valence-electron chi connectivity index (χ1n) is 4.83. The molecule has 0 atom stereocenters. The average molecular weight is 247 g/mol. The van der Waals surface area contributed by atoms with Gasteiger partial charge in [-0.05, 0) is 25.2 Å². The van der Waals surface area contributed by atoms with Crippen molar-refractivity contribution in [3.05, 3.63) is 29.3 Å². The van der Waals surface area contributed by atoms with E-state index in [1.165, 1.54) is 14.2 Å². The van der Waals surface area contributed by atoms with Gasteiger partial charge in [0.05, 0.1) is 24.8 Å². The summed E-state index contributed by atoms with van der Waals surface area (Å²) in [7, 11) is 2.84. The Morgan fingerprint density at radius 3 is 2.53 bits per heavy atom. The van der Waals surface area contributed by atoms with E-state index in [-0.39, 0.29) is 17.9 Å². The lowest BCUT2D eigenvalue weighted by atomic mass is 10.1. The van der Waals surface area contributed by atoms with Crippen molar-refractivity contribution < 1.29 is 22.7 Å². The molecule has 0 spiro atoms. The van der Waals surface area contributed by atoms with Crippen LogP contribution in [0.1, 0.15) is 15.9 Å². The minimum absolute atomic E-state index is 0.0440. The zero-order valence-corrected chi connectivity index (χ0v) is 9.39. The number of alkyl halides is 3. The first-order chi connectivity index (χ1) is 7.90. The number of nitrogens with one attached hydrogen (secondary N) is 1. The van der Waals surface area contributed by atoms with Gasteiger partial charge in [-0.3, -0.25) is 4.79 Å². The second-order valence-electron chi connectivity index (χ2n) is 3.37. The van der Waals surface area contributed by atoms with E-state index in [2.05, 4.69) is 5.32 Å². The van der Waals surface area contributed by atoms with Gasteiger partial charge in [-0.2, -0.15) is 13.2 Å². The first-order valence-corrected chi connectivity index (χ1v) is 4.83. The molecule has 94 valence electrons. The van der Waals surface area contributed by atoms with Crippen LogP contribution in [0.4, 0.5) is 13.2 Å². The molecule has 0 saturated heterocycles. The topological polar surface area (TPSA) is 38.3 Å². The molecule has 0 fully saturated rings. The fourth-order valence-electron chi connectivity index (χ4n) is 1.36. The van der Waals surface area contributed by atoms with Crippen LogP contribution in [0, 0.1) is 0 Å². The average Bonchev–Trinajstić information content (AvgIpc) is 2.27. The number of hydrogen-bond donors (Lipinski definition) is 1. The number of ether oxygens (including phenoxy) is 1. The highest BCUT2D eigenvalue weighted by Gasteiger charge is 2.31. The Kier molecular flexibility index (Phi) is 4.11. The smallest absolute Gasteiger partial charge is 0.416 e. The molecule has 1 aromatic carbocycles. The Labute approximate surface area is 96.6 Å². The van der Waals surface area contributed by atoms with Crippen LogP contribution in [0.15, 0.2) is 18.2 Å². The predicted molar refractivity (Wildman–Crippen MR) is 56.3 cm³/mol. The van der Waals surface area contributed by atoms with Gasteiger partial charge in [-0.25, -0.2) is 0 Å². The molecular weight excluding hydrogens is 235 g/mol. The van der Waals surface area contributed by atoms with Crippen LogP contribution in [0.2, 0.25) is 0 Å². The fraction of sp³-hybridized carbons (Fsp3) is 0.364. The molecule has 3 nitrogen and oxygen atoms in total. The molecule has 0 aliphatic heterocycles. The monoisotopic (exact) mass is 247 g/mol. The summed E-state index contributed by atoms with van der Waals surface area (Å²) in [5.41, 5.74) is -0.936. The van der Waals surface area contributed by atoms with Gasteiger partial charge < -0.3 is 10.1 Å². The van der Waals surface area contributed by atoms with Crippen LogP contribution in [0.25, 0.3) is 0 Å². The van der Waals surface area contributed by atoms with Crippen LogP contribution in [0.5, 0.6) is 5.75 Å². The van der Waals surface area contributed by atoms with E-state index in [9.17, 15) is 18.0 Å². The van der Waals surface area contributed by atoms with Crippen molar-refractivity contribution in [1.82, 2.24) is 5.32 Å². The number of rotatable bonds is 4. The third kappa shape index (κ3) is 3.20. The summed E-state index contributed by atoms with van der Waals surface area (Å²) in [4.78, 5) is 11.6. The Hall–Kier alpha value is -1.56. The maximum Gasteiger partial charge on any atom is 0.416 e. The normalized spacial score (nSPS) is 11.4. The highest BCUT2D eigenvalue weighted by Crippen LogP contribution is 2.32. The molecule has 0 bridgehead atoms. The zero-order valence-electron chi connectivity index (χ0n) is 9.39. The van der Waals surface area contributed by atoms with Gasteiger partial charge in [0, 0.05) is 0 Å². The summed E-state index contributed by atoms with van der Waals surface area (Å²) in [6.45, 7) is -0.0440. The Morgan fingerprint density at radius 1 is 1.41 bits per heavy atom. The largest absolute Gasteiger partial charge is 0.496 e. The SMILES string of the molecule is CNCC(=O)c1cc(C(F)(F)F)ccc1OC. The maximum absolute atomic E-state index is 12.5. The second kappa shape index (κ2) is 5.18. The molecule has 1 rings (SSSR count). The number of halogens is 3. The number of Topliss-reactive ketones (excluding diaryl/α,β-unsaturated/α-hetero) is 1. The number of carbonyl (C=O) groups is 1. The minimum Gasteiger partial charge on any atom is -0.496 e. The van der Waals surface area contributed by atoms with Gasteiger partial charge >= 0.3 is 6.18 Å². The summed E-state index contributed by atoms with van der Waals surface area (Å²) in [5, 5.41) is 2.59. The Bertz CT molecular complexity index is 416. The number of methoxy groups -OCH3 is 1. The predicted octanol–water partition coefficient (Wildman–Crippen LogP) is 2.12. The van der Waals surface area contributed by atoms with Gasteiger partial charge in [-0.15, -0.1) is 0 Å². The van der Waals surface area contributed by atoms with Gasteiger partial charge in [-0.1, -0.05) is 0 Å². The number of hydrogen-bond acceptors (Lipinski definition) is 3. The van der Waals surface area contributed by atoms with Crippen LogP contribution >= 0.6 is 0 Å². The van der Waals surface area contributed by atoms with Crippen LogP contribution in [0.3, 0.4) is 0 Å². The Morgan fingerprint density at radius 2 is 2.06 bits per heavy atom. The van der Waals surface area contributed by atoms with E-state index < -0.39 is 17.5 Å². The molecule has 0 radical (unpaired) electrons. The molecule has 0 saturated carbocycles. The summed E-state index contributed by atoms with van der Waals surface area (Å²) < 4.78 is 42.3. The van der Waals surface area contributed by atoms with Crippen molar-refractivity contribution in [1.29, 1.82) is 0 Å². The lowest BCUT2D eigenvalue weighted by Gasteiger charge is -2.11. The molecule has 6 heteroatoms. The van der Waals surface area contributed by atoms with E-state index in [0.717, 1.165) is 18.2 Å².